The summed E-state index contributed by atoms with van der Waals surface area (Å²) in [6, 6.07) is 0.593. The van der Waals surface area contributed by atoms with Crippen molar-refractivity contribution in [2.24, 2.45) is 4.99 Å². The maximum Gasteiger partial charge on any atom is 0.416 e. The van der Waals surface area contributed by atoms with Crippen LogP contribution >= 0.6 is 0 Å². The van der Waals surface area contributed by atoms with E-state index in [4.69, 9.17) is 0 Å². The molecule has 0 spiro atoms. The van der Waals surface area contributed by atoms with E-state index >= 15 is 0 Å². The Hall–Kier alpha value is -3.98. The number of aliphatic imine (C=N–C) groups is 1. The summed E-state index contributed by atoms with van der Waals surface area (Å²) in [6.45, 7) is 10.1. The highest BCUT2D eigenvalue weighted by molar-refractivity contribution is 7.94. The highest BCUT2D eigenvalue weighted by Crippen LogP contribution is 2.37. The van der Waals surface area contributed by atoms with Gasteiger partial charge in [0.05, 0.1) is 33.9 Å². The van der Waals surface area contributed by atoms with Gasteiger partial charge in [-0.1, -0.05) is 19.9 Å². The predicted octanol–water partition coefficient (Wildman–Crippen LogP) is 5.86. The van der Waals surface area contributed by atoms with Gasteiger partial charge in [0.25, 0.3) is 5.91 Å². The fraction of sp³-hybridized carbons (Fsp3) is 0.387. The van der Waals surface area contributed by atoms with E-state index in [9.17, 15) is 44.3 Å². The number of amides is 2. The second kappa shape index (κ2) is 16.5. The summed E-state index contributed by atoms with van der Waals surface area (Å²) >= 11 is 0. The first-order valence-electron chi connectivity index (χ1n) is 14.2. The third-order valence-corrected chi connectivity index (χ3v) is 8.36. The summed E-state index contributed by atoms with van der Waals surface area (Å²) in [5, 5.41) is 5.22. The van der Waals surface area contributed by atoms with Crippen molar-refractivity contribution in [1.82, 2.24) is 15.5 Å². The number of sulfone groups is 1. The van der Waals surface area contributed by atoms with Crippen molar-refractivity contribution >= 4 is 27.4 Å². The first kappa shape index (κ1) is 38.2. The Morgan fingerprint density at radius 2 is 1.74 bits per heavy atom. The molecular weight excluding hydrogens is 638 g/mol. The molecule has 0 atom stereocenters. The zero-order chi connectivity index (χ0) is 34.7. The SMILES string of the molecule is CC=C(C=C1C=CC(S(=O)(=O)Cc2cc(C(F)(F)F)ccc2C(F)(F)F)=CC=CNC1=O)N=C(C)CC(=O)NCCN(CC)CC. The van der Waals surface area contributed by atoms with E-state index < -0.39 is 55.4 Å². The summed E-state index contributed by atoms with van der Waals surface area (Å²) in [5.41, 5.74) is -3.47. The van der Waals surface area contributed by atoms with Crippen LogP contribution in [0.4, 0.5) is 26.3 Å². The van der Waals surface area contributed by atoms with Gasteiger partial charge < -0.3 is 15.5 Å². The average Bonchev–Trinajstić information content (AvgIpc) is 3.04. The number of benzene rings is 1. The number of carbonyl (C=O) groups is 2. The van der Waals surface area contributed by atoms with Crippen molar-refractivity contribution in [2.75, 3.05) is 26.2 Å². The van der Waals surface area contributed by atoms with Crippen molar-refractivity contribution in [3.05, 3.63) is 93.7 Å². The van der Waals surface area contributed by atoms with Gasteiger partial charge in [0.15, 0.2) is 9.84 Å². The molecule has 0 aliphatic carbocycles. The van der Waals surface area contributed by atoms with Gasteiger partial charge in [-0.15, -0.1) is 0 Å². The summed E-state index contributed by atoms with van der Waals surface area (Å²) in [5.74, 6) is -2.33. The lowest BCUT2D eigenvalue weighted by molar-refractivity contribution is -0.141. The molecule has 1 heterocycles. The molecule has 1 aliphatic heterocycles. The van der Waals surface area contributed by atoms with Crippen LogP contribution in [-0.2, 0) is 37.5 Å². The highest BCUT2D eigenvalue weighted by atomic mass is 32.2. The van der Waals surface area contributed by atoms with E-state index in [2.05, 4.69) is 20.5 Å². The fourth-order valence-corrected chi connectivity index (χ4v) is 5.59. The minimum atomic E-state index is -5.11. The number of nitrogens with zero attached hydrogens (tertiary/aromatic N) is 2. The average molecular weight is 675 g/mol. The number of alkyl halides is 6. The molecule has 0 fully saturated rings. The first-order valence-corrected chi connectivity index (χ1v) is 15.8. The fourth-order valence-electron chi connectivity index (χ4n) is 4.22. The molecule has 2 amide bonds. The number of hydrogen-bond acceptors (Lipinski definition) is 6. The minimum absolute atomic E-state index is 0.0237. The van der Waals surface area contributed by atoms with Crippen molar-refractivity contribution in [3.63, 3.8) is 0 Å². The van der Waals surface area contributed by atoms with Gasteiger partial charge in [0.1, 0.15) is 0 Å². The molecule has 1 aromatic rings. The van der Waals surface area contributed by atoms with E-state index in [1.54, 1.807) is 13.8 Å². The van der Waals surface area contributed by atoms with Crippen LogP contribution in [0.2, 0.25) is 0 Å². The molecule has 1 aromatic carbocycles. The van der Waals surface area contributed by atoms with Crippen LogP contribution in [-0.4, -0.2) is 57.0 Å². The number of nitrogens with one attached hydrogen (secondary N) is 2. The molecule has 0 radical (unpaired) electrons. The zero-order valence-electron chi connectivity index (χ0n) is 25.7. The van der Waals surface area contributed by atoms with Crippen LogP contribution in [0.3, 0.4) is 0 Å². The summed E-state index contributed by atoms with van der Waals surface area (Å²) in [6.07, 6.45) is -2.03. The number of rotatable bonds is 12. The number of carbonyl (C=O) groups excluding carboxylic acids is 2. The second-order valence-electron chi connectivity index (χ2n) is 10.1. The van der Waals surface area contributed by atoms with Crippen LogP contribution < -0.4 is 10.6 Å². The van der Waals surface area contributed by atoms with Crippen molar-refractivity contribution in [3.8, 4) is 0 Å². The maximum atomic E-state index is 13.6. The summed E-state index contributed by atoms with van der Waals surface area (Å²) in [7, 11) is -4.66. The topological polar surface area (TPSA) is 108 Å². The van der Waals surface area contributed by atoms with Crippen LogP contribution in [0.5, 0.6) is 0 Å². The maximum absolute atomic E-state index is 13.6. The molecular formula is C31H36F6N4O4S. The normalized spacial score (nSPS) is 16.2. The van der Waals surface area contributed by atoms with E-state index in [0.717, 1.165) is 43.6 Å². The van der Waals surface area contributed by atoms with Crippen molar-refractivity contribution < 1.29 is 44.3 Å². The Balaban J connectivity index is 2.35. The van der Waals surface area contributed by atoms with Crippen LogP contribution in [0.25, 0.3) is 0 Å². The van der Waals surface area contributed by atoms with Gasteiger partial charge in [0, 0.05) is 30.6 Å². The Kier molecular flexibility index (Phi) is 13.7. The molecule has 0 unspecified atom stereocenters. The Morgan fingerprint density at radius 1 is 1.07 bits per heavy atom. The number of halogens is 6. The van der Waals surface area contributed by atoms with Gasteiger partial charge in [-0.25, -0.2) is 8.42 Å². The summed E-state index contributed by atoms with van der Waals surface area (Å²) < 4.78 is 107. The quantitative estimate of drug-likeness (QED) is 0.164. The molecule has 252 valence electrons. The Bertz CT molecular complexity index is 1570. The van der Waals surface area contributed by atoms with Gasteiger partial charge in [-0.05, 0) is 81.1 Å². The number of hydrogen-bond donors (Lipinski definition) is 2. The molecule has 1 aliphatic rings. The van der Waals surface area contributed by atoms with Crippen LogP contribution in [0.1, 0.15) is 50.8 Å². The lowest BCUT2D eigenvalue weighted by Gasteiger charge is -2.17. The lowest BCUT2D eigenvalue weighted by Crippen LogP contribution is -2.35. The highest BCUT2D eigenvalue weighted by Gasteiger charge is 2.38. The van der Waals surface area contributed by atoms with Gasteiger partial charge in [-0.2, -0.15) is 26.3 Å². The summed E-state index contributed by atoms with van der Waals surface area (Å²) in [4.78, 5) is 31.1. The zero-order valence-corrected chi connectivity index (χ0v) is 26.5. The van der Waals surface area contributed by atoms with E-state index in [1.165, 1.54) is 12.2 Å². The number of allylic oxidation sites excluding steroid dienone is 5. The smallest absolute Gasteiger partial charge is 0.354 e. The second-order valence-corrected chi connectivity index (χ2v) is 12.1. The molecule has 2 N–H and O–H groups in total. The van der Waals surface area contributed by atoms with Crippen LogP contribution in [0.15, 0.2) is 82.0 Å². The largest absolute Gasteiger partial charge is 0.416 e. The third kappa shape index (κ3) is 11.7. The molecule has 0 aromatic heterocycles. The molecule has 0 saturated carbocycles. The number of likely N-dealkylation sites (N-methyl/N-ethyl adjacent to an activating group) is 1. The van der Waals surface area contributed by atoms with Crippen molar-refractivity contribution in [2.45, 2.75) is 52.2 Å². The molecule has 46 heavy (non-hydrogen) atoms. The molecule has 8 nitrogen and oxygen atoms in total. The monoisotopic (exact) mass is 674 g/mol. The van der Waals surface area contributed by atoms with E-state index in [0.29, 0.717) is 18.8 Å². The lowest BCUT2D eigenvalue weighted by atomic mass is 10.0. The van der Waals surface area contributed by atoms with Gasteiger partial charge in [0.2, 0.25) is 5.91 Å². The minimum Gasteiger partial charge on any atom is -0.354 e. The third-order valence-electron chi connectivity index (χ3n) is 6.68. The predicted molar refractivity (Wildman–Crippen MR) is 164 cm³/mol. The van der Waals surface area contributed by atoms with Gasteiger partial charge in [-0.3, -0.25) is 14.6 Å². The van der Waals surface area contributed by atoms with Crippen LogP contribution in [0, 0.1) is 0 Å². The first-order chi connectivity index (χ1) is 21.4. The van der Waals surface area contributed by atoms with E-state index in [-0.39, 0.29) is 41.8 Å². The molecule has 0 bridgehead atoms. The molecule has 2 rings (SSSR count). The van der Waals surface area contributed by atoms with Gasteiger partial charge >= 0.3 is 12.4 Å². The van der Waals surface area contributed by atoms with Crippen molar-refractivity contribution in [1.29, 1.82) is 0 Å². The molecule has 15 heteroatoms. The Labute approximate surface area is 264 Å². The van der Waals surface area contributed by atoms with E-state index in [1.807, 2.05) is 13.8 Å². The standard InChI is InChI=1S/C31H36F6N4O4S/c1-5-25(40-21(4)17-28(42)38-15-16-41(6-2)7-3)19-22-10-12-26(9-8-14-39-29(22)43)46(44,45)20-23-18-24(30(32,33)34)11-13-27(23)31(35,36)37/h5,8-14,18-19H,6-7,15-17,20H2,1-4H3,(H,38,42)(H,39,43). The Morgan fingerprint density at radius 3 is 2.33 bits per heavy atom. The molecule has 0 saturated heterocycles.